The molecule has 1 amide bonds. The fourth-order valence-corrected chi connectivity index (χ4v) is 5.34. The van der Waals surface area contributed by atoms with Crippen LogP contribution in [0.5, 0.6) is 0 Å². The van der Waals surface area contributed by atoms with Crippen LogP contribution in [0.25, 0.3) is 5.65 Å². The Balaban J connectivity index is 1.58. The number of nitrogens with zero attached hydrogens (tertiary/aromatic N) is 4. The molecule has 2 aliphatic rings. The van der Waals surface area contributed by atoms with Crippen molar-refractivity contribution in [2.24, 2.45) is 5.41 Å². The average molecular weight is 455 g/mol. The highest BCUT2D eigenvalue weighted by Crippen LogP contribution is 2.53. The van der Waals surface area contributed by atoms with Gasteiger partial charge in [0.15, 0.2) is 5.65 Å². The molecule has 3 heterocycles. The average Bonchev–Trinajstić information content (AvgIpc) is 3.16. The van der Waals surface area contributed by atoms with Gasteiger partial charge in [-0.25, -0.2) is 14.8 Å². The number of nitrogens with one attached hydrogen (secondary N) is 1. The fourth-order valence-electron chi connectivity index (χ4n) is 4.80. The second-order valence-electron chi connectivity index (χ2n) is 7.41. The fraction of sp³-hybridized carbons (Fsp3) is 0.588. The molecule has 8 heteroatoms. The molecule has 2 aromatic rings. The maximum absolute atomic E-state index is 11.3. The lowest BCUT2D eigenvalue weighted by Crippen LogP contribution is -2.58. The number of aromatic nitrogens is 3. The van der Waals surface area contributed by atoms with Crippen LogP contribution >= 0.6 is 22.6 Å². The lowest BCUT2D eigenvalue weighted by molar-refractivity contribution is 0.0913. The molecule has 1 aliphatic carbocycles. The summed E-state index contributed by atoms with van der Waals surface area (Å²) in [6.45, 7) is 3.86. The Morgan fingerprint density at radius 2 is 2.04 bits per heavy atom. The summed E-state index contributed by atoms with van der Waals surface area (Å²) in [4.78, 5) is 22.6. The van der Waals surface area contributed by atoms with Crippen molar-refractivity contribution < 1.29 is 9.90 Å². The molecule has 2 aromatic heterocycles. The van der Waals surface area contributed by atoms with Gasteiger partial charge in [0, 0.05) is 37.2 Å². The molecule has 2 fully saturated rings. The van der Waals surface area contributed by atoms with E-state index in [9.17, 15) is 9.90 Å². The summed E-state index contributed by atoms with van der Waals surface area (Å²) >= 11 is 2.26. The molecule has 2 N–H and O–H groups in total. The summed E-state index contributed by atoms with van der Waals surface area (Å²) in [6.07, 6.45) is 9.78. The molecule has 1 saturated heterocycles. The molecular formula is C17H22IN5O2. The topological polar surface area (TPSA) is 82.8 Å². The van der Waals surface area contributed by atoms with Crippen LogP contribution in [-0.2, 0) is 0 Å². The van der Waals surface area contributed by atoms with Crippen molar-refractivity contribution >= 4 is 40.3 Å². The lowest BCUT2D eigenvalue weighted by Gasteiger charge is -2.49. The van der Waals surface area contributed by atoms with Crippen LogP contribution in [0.2, 0.25) is 0 Å². The van der Waals surface area contributed by atoms with Crippen LogP contribution in [-0.4, -0.2) is 44.2 Å². The summed E-state index contributed by atoms with van der Waals surface area (Å²) in [5, 5.41) is 12.1. The smallest absolute Gasteiger partial charge is 0.405 e. The number of carboxylic acid groups (broad SMARTS) is 1. The van der Waals surface area contributed by atoms with E-state index in [1.165, 1.54) is 0 Å². The molecule has 0 radical (unpaired) electrons. The number of anilines is 1. The van der Waals surface area contributed by atoms with E-state index in [4.69, 9.17) is 0 Å². The highest BCUT2D eigenvalue weighted by Gasteiger charge is 2.53. The van der Waals surface area contributed by atoms with Crippen molar-refractivity contribution in [1.29, 1.82) is 0 Å². The Morgan fingerprint density at radius 1 is 1.28 bits per heavy atom. The van der Waals surface area contributed by atoms with Crippen molar-refractivity contribution in [3.05, 3.63) is 22.2 Å². The third kappa shape index (κ3) is 2.65. The van der Waals surface area contributed by atoms with E-state index < -0.39 is 6.09 Å². The molecule has 0 bridgehead atoms. The predicted molar refractivity (Wildman–Crippen MR) is 103 cm³/mol. The zero-order valence-electron chi connectivity index (χ0n) is 14.2. The van der Waals surface area contributed by atoms with Crippen LogP contribution in [0, 0.1) is 8.99 Å². The number of amides is 1. The minimum atomic E-state index is -0.911. The Bertz CT molecular complexity index is 814. The van der Waals surface area contributed by atoms with Gasteiger partial charge in [-0.2, -0.15) is 0 Å². The van der Waals surface area contributed by atoms with Crippen LogP contribution in [0.1, 0.15) is 39.0 Å². The van der Waals surface area contributed by atoms with Gasteiger partial charge in [0.05, 0.1) is 3.57 Å². The van der Waals surface area contributed by atoms with E-state index in [1.54, 1.807) is 6.20 Å². The maximum atomic E-state index is 11.3. The summed E-state index contributed by atoms with van der Waals surface area (Å²) in [5.41, 5.74) is 0.664. The number of rotatable bonds is 2. The highest BCUT2D eigenvalue weighted by atomic mass is 127. The zero-order valence-corrected chi connectivity index (χ0v) is 16.4. The third-order valence-corrected chi connectivity index (χ3v) is 7.01. The van der Waals surface area contributed by atoms with E-state index in [0.29, 0.717) is 0 Å². The number of hydrogen-bond acceptors (Lipinski definition) is 4. The first-order chi connectivity index (χ1) is 11.9. The molecule has 1 unspecified atom stereocenters. The van der Waals surface area contributed by atoms with E-state index in [1.807, 2.05) is 16.8 Å². The second-order valence-corrected chi connectivity index (χ2v) is 8.57. The van der Waals surface area contributed by atoms with Gasteiger partial charge < -0.3 is 15.3 Å². The van der Waals surface area contributed by atoms with E-state index in [2.05, 4.69) is 49.7 Å². The molecule has 25 heavy (non-hydrogen) atoms. The Morgan fingerprint density at radius 3 is 2.76 bits per heavy atom. The molecule has 4 rings (SSSR count). The zero-order chi connectivity index (χ0) is 17.7. The third-order valence-electron chi connectivity index (χ3n) is 6.25. The molecular weight excluding hydrogens is 433 g/mol. The van der Waals surface area contributed by atoms with E-state index in [-0.39, 0.29) is 11.0 Å². The molecule has 134 valence electrons. The van der Waals surface area contributed by atoms with Crippen molar-refractivity contribution in [1.82, 2.24) is 19.7 Å². The molecule has 1 atom stereocenters. The number of fused-ring (bicyclic) bond motifs is 1. The minimum absolute atomic E-state index is 0.0547. The minimum Gasteiger partial charge on any atom is -0.465 e. The SMILES string of the molecule is CC1(NC(=O)O)CCCC12CCN(c1ncc(I)c3nccn13)CC2. The van der Waals surface area contributed by atoms with Crippen molar-refractivity contribution in [3.8, 4) is 0 Å². The van der Waals surface area contributed by atoms with Gasteiger partial charge in [-0.3, -0.25) is 4.40 Å². The highest BCUT2D eigenvalue weighted by molar-refractivity contribution is 14.1. The first kappa shape index (κ1) is 16.9. The first-order valence-electron chi connectivity index (χ1n) is 8.68. The number of halogens is 1. The van der Waals surface area contributed by atoms with Gasteiger partial charge in [-0.05, 0) is 60.6 Å². The predicted octanol–water partition coefficient (Wildman–Crippen LogP) is 3.13. The first-order valence-corrected chi connectivity index (χ1v) is 9.76. The number of carbonyl (C=O) groups is 1. The largest absolute Gasteiger partial charge is 0.465 e. The van der Waals surface area contributed by atoms with Gasteiger partial charge in [0.25, 0.3) is 0 Å². The lowest BCUT2D eigenvalue weighted by atomic mass is 9.66. The van der Waals surface area contributed by atoms with Gasteiger partial charge in [-0.1, -0.05) is 6.42 Å². The van der Waals surface area contributed by atoms with Crippen molar-refractivity contribution in [2.75, 3.05) is 18.0 Å². The van der Waals surface area contributed by atoms with E-state index >= 15 is 0 Å². The Hall–Kier alpha value is -1.58. The number of piperidine rings is 1. The normalized spacial score (nSPS) is 25.6. The maximum Gasteiger partial charge on any atom is 0.405 e. The Labute approximate surface area is 160 Å². The monoisotopic (exact) mass is 455 g/mol. The molecule has 7 nitrogen and oxygen atoms in total. The second kappa shape index (κ2) is 6.00. The van der Waals surface area contributed by atoms with Gasteiger partial charge in [-0.15, -0.1) is 0 Å². The van der Waals surface area contributed by atoms with Crippen LogP contribution in [0.15, 0.2) is 18.6 Å². The number of imidazole rings is 1. The summed E-state index contributed by atoms with van der Waals surface area (Å²) < 4.78 is 3.08. The van der Waals surface area contributed by atoms with E-state index in [0.717, 1.165) is 60.4 Å². The summed E-state index contributed by atoms with van der Waals surface area (Å²) in [7, 11) is 0. The molecule has 1 spiro atoms. The summed E-state index contributed by atoms with van der Waals surface area (Å²) in [6, 6.07) is 0. The van der Waals surface area contributed by atoms with Crippen LogP contribution in [0.3, 0.4) is 0 Å². The van der Waals surface area contributed by atoms with Crippen molar-refractivity contribution in [2.45, 2.75) is 44.6 Å². The van der Waals surface area contributed by atoms with Gasteiger partial charge in [0.2, 0.25) is 5.95 Å². The van der Waals surface area contributed by atoms with Crippen molar-refractivity contribution in [3.63, 3.8) is 0 Å². The Kier molecular flexibility index (Phi) is 4.04. The van der Waals surface area contributed by atoms with Gasteiger partial charge >= 0.3 is 6.09 Å². The quantitative estimate of drug-likeness (QED) is 0.681. The molecule has 0 aromatic carbocycles. The van der Waals surface area contributed by atoms with Gasteiger partial charge in [0.1, 0.15) is 0 Å². The number of hydrogen-bond donors (Lipinski definition) is 2. The standard InChI is InChI=1S/C17H22IN5O2/c1-16(21-15(24)25)3-2-4-17(16)5-8-22(9-6-17)14-20-11-12(18)13-19-7-10-23(13)14/h7,10-11,21H,2-6,8-9H2,1H3,(H,24,25). The van der Waals surface area contributed by atoms with Crippen LogP contribution in [0.4, 0.5) is 10.7 Å². The molecule has 1 aliphatic heterocycles. The van der Waals surface area contributed by atoms with Crippen LogP contribution < -0.4 is 10.2 Å². The molecule has 1 saturated carbocycles. The summed E-state index contributed by atoms with van der Waals surface area (Å²) in [5.74, 6) is 0.925.